The van der Waals surface area contributed by atoms with E-state index in [2.05, 4.69) is 31.1 Å². The molecule has 0 aliphatic carbocycles. The van der Waals surface area contributed by atoms with Crippen LogP contribution in [0.1, 0.15) is 18.1 Å². The number of carbonyl (C=O) groups excluding carboxylic acids is 1. The minimum Gasteiger partial charge on any atom is -0.453 e. The molecule has 23 heavy (non-hydrogen) atoms. The van der Waals surface area contributed by atoms with Gasteiger partial charge in [0.15, 0.2) is 0 Å². The maximum Gasteiger partial charge on any atom is 0.411 e. The zero-order valence-corrected chi connectivity index (χ0v) is 14.5. The Hall–Kier alpha value is -2.34. The summed E-state index contributed by atoms with van der Waals surface area (Å²) in [6.07, 6.45) is -0.522. The first-order valence-electron chi connectivity index (χ1n) is 6.95. The molecule has 0 aliphatic heterocycles. The summed E-state index contributed by atoms with van der Waals surface area (Å²) < 4.78 is 5.58. The number of ether oxygens (including phenoxy) is 1. The van der Waals surface area contributed by atoms with E-state index >= 15 is 0 Å². The van der Waals surface area contributed by atoms with Crippen molar-refractivity contribution in [2.45, 2.75) is 13.5 Å². The molecule has 0 saturated carbocycles. The van der Waals surface area contributed by atoms with E-state index < -0.39 is 6.09 Å². The fraction of sp³-hybridized carbons (Fsp3) is 0.176. The van der Waals surface area contributed by atoms with Crippen molar-refractivity contribution >= 4 is 33.4 Å². The molecular weight excluding hydrogens is 360 g/mol. The topological polar surface area (TPSA) is 59.9 Å². The predicted molar refractivity (Wildman–Crippen MR) is 93.6 cm³/mol. The van der Waals surface area contributed by atoms with Gasteiger partial charge in [-0.25, -0.2) is 4.79 Å². The van der Waals surface area contributed by atoms with Gasteiger partial charge < -0.3 is 9.57 Å². The van der Waals surface area contributed by atoms with E-state index in [1.54, 1.807) is 6.07 Å². The molecule has 2 rings (SSSR count). The molecule has 0 fully saturated rings. The molecule has 6 heteroatoms. The molecule has 0 atom stereocenters. The maximum atomic E-state index is 11.3. The van der Waals surface area contributed by atoms with E-state index in [-0.39, 0.29) is 6.61 Å². The molecule has 0 bridgehead atoms. The van der Waals surface area contributed by atoms with Crippen molar-refractivity contribution in [2.75, 3.05) is 12.4 Å². The SMILES string of the molecule is COC(=O)Nc1ccccc1CON=C(C)c1cccc(Br)c1. The molecule has 0 radical (unpaired) electrons. The Kier molecular flexibility index (Phi) is 6.17. The quantitative estimate of drug-likeness (QED) is 0.614. The normalized spacial score (nSPS) is 11.0. The second-order valence-corrected chi connectivity index (χ2v) is 5.65. The smallest absolute Gasteiger partial charge is 0.411 e. The Morgan fingerprint density at radius 2 is 2.00 bits per heavy atom. The fourth-order valence-electron chi connectivity index (χ4n) is 1.89. The van der Waals surface area contributed by atoms with Gasteiger partial charge in [0.2, 0.25) is 0 Å². The van der Waals surface area contributed by atoms with Crippen molar-refractivity contribution in [1.29, 1.82) is 0 Å². The number of rotatable bonds is 5. The fourth-order valence-corrected chi connectivity index (χ4v) is 2.29. The van der Waals surface area contributed by atoms with E-state index in [0.717, 1.165) is 21.3 Å². The number of hydrogen-bond acceptors (Lipinski definition) is 4. The number of nitrogens with one attached hydrogen (secondary N) is 1. The molecule has 2 aromatic rings. The van der Waals surface area contributed by atoms with Gasteiger partial charge in [0.25, 0.3) is 0 Å². The summed E-state index contributed by atoms with van der Waals surface area (Å²) in [5.74, 6) is 0. The number of anilines is 1. The zero-order chi connectivity index (χ0) is 16.7. The number of hydrogen-bond donors (Lipinski definition) is 1. The highest BCUT2D eigenvalue weighted by Gasteiger charge is 2.06. The van der Waals surface area contributed by atoms with Crippen LogP contribution < -0.4 is 5.32 Å². The predicted octanol–water partition coefficient (Wildman–Crippen LogP) is 4.57. The summed E-state index contributed by atoms with van der Waals surface area (Å²) in [5, 5.41) is 6.76. The van der Waals surface area contributed by atoms with Gasteiger partial charge in [-0.3, -0.25) is 5.32 Å². The van der Waals surface area contributed by atoms with Crippen LogP contribution in [-0.2, 0) is 16.2 Å². The van der Waals surface area contributed by atoms with Crippen LogP contribution in [0, 0.1) is 0 Å². The van der Waals surface area contributed by atoms with E-state index in [0.29, 0.717) is 5.69 Å². The van der Waals surface area contributed by atoms with Crippen molar-refractivity contribution in [2.24, 2.45) is 5.16 Å². The van der Waals surface area contributed by atoms with Gasteiger partial charge in [-0.05, 0) is 25.1 Å². The Balaban J connectivity index is 2.03. The molecule has 1 N–H and O–H groups in total. The van der Waals surface area contributed by atoms with Gasteiger partial charge >= 0.3 is 6.09 Å². The molecule has 5 nitrogen and oxygen atoms in total. The van der Waals surface area contributed by atoms with Crippen LogP contribution in [0.3, 0.4) is 0 Å². The van der Waals surface area contributed by atoms with E-state index in [1.165, 1.54) is 7.11 Å². The number of carbonyl (C=O) groups is 1. The average Bonchev–Trinajstić information content (AvgIpc) is 2.56. The van der Waals surface area contributed by atoms with Gasteiger partial charge in [-0.1, -0.05) is 51.4 Å². The number of amides is 1. The minimum atomic E-state index is -0.522. The molecule has 0 heterocycles. The minimum absolute atomic E-state index is 0.242. The highest BCUT2D eigenvalue weighted by atomic mass is 79.9. The van der Waals surface area contributed by atoms with Crippen molar-refractivity contribution in [1.82, 2.24) is 0 Å². The lowest BCUT2D eigenvalue weighted by atomic mass is 10.1. The first kappa shape index (κ1) is 17.0. The van der Waals surface area contributed by atoms with Crippen LogP contribution >= 0.6 is 15.9 Å². The zero-order valence-electron chi connectivity index (χ0n) is 12.9. The number of halogens is 1. The van der Waals surface area contributed by atoms with Gasteiger partial charge in [0, 0.05) is 15.6 Å². The Bertz CT molecular complexity index is 716. The standard InChI is InChI=1S/C17H17BrN2O3/c1-12(13-7-5-8-15(18)10-13)20-23-11-14-6-3-4-9-16(14)19-17(21)22-2/h3-10H,11H2,1-2H3,(H,19,21). The highest BCUT2D eigenvalue weighted by molar-refractivity contribution is 9.10. The lowest BCUT2D eigenvalue weighted by Gasteiger charge is -2.09. The molecule has 1 amide bonds. The van der Waals surface area contributed by atoms with Gasteiger partial charge in [-0.2, -0.15) is 0 Å². The van der Waals surface area contributed by atoms with Gasteiger partial charge in [0.1, 0.15) is 6.61 Å². The summed E-state index contributed by atoms with van der Waals surface area (Å²) >= 11 is 3.43. The van der Waals surface area contributed by atoms with Gasteiger partial charge in [0.05, 0.1) is 18.5 Å². The molecule has 120 valence electrons. The largest absolute Gasteiger partial charge is 0.453 e. The number of para-hydroxylation sites is 1. The summed E-state index contributed by atoms with van der Waals surface area (Å²) in [5.41, 5.74) is 3.18. The van der Waals surface area contributed by atoms with Crippen LogP contribution in [0.4, 0.5) is 10.5 Å². The second-order valence-electron chi connectivity index (χ2n) is 4.73. The van der Waals surface area contributed by atoms with Gasteiger partial charge in [-0.15, -0.1) is 0 Å². The number of benzene rings is 2. The number of nitrogens with zero attached hydrogens (tertiary/aromatic N) is 1. The van der Waals surface area contributed by atoms with Crippen LogP contribution in [0.25, 0.3) is 0 Å². The Morgan fingerprint density at radius 1 is 1.22 bits per heavy atom. The maximum absolute atomic E-state index is 11.3. The first-order valence-corrected chi connectivity index (χ1v) is 7.75. The highest BCUT2D eigenvalue weighted by Crippen LogP contribution is 2.17. The number of methoxy groups -OCH3 is 1. The molecular formula is C17H17BrN2O3. The Labute approximate surface area is 143 Å². The van der Waals surface area contributed by atoms with E-state index in [9.17, 15) is 4.79 Å². The summed E-state index contributed by atoms with van der Waals surface area (Å²) in [4.78, 5) is 16.7. The van der Waals surface area contributed by atoms with Crippen molar-refractivity contribution in [3.63, 3.8) is 0 Å². The second kappa shape index (κ2) is 8.33. The van der Waals surface area contributed by atoms with E-state index in [1.807, 2.05) is 49.4 Å². The molecule has 0 aromatic heterocycles. The molecule has 0 spiro atoms. The summed E-state index contributed by atoms with van der Waals surface area (Å²) in [6.45, 7) is 2.12. The lowest BCUT2D eigenvalue weighted by Crippen LogP contribution is -2.12. The molecule has 2 aromatic carbocycles. The number of oxime groups is 1. The van der Waals surface area contributed by atoms with Crippen LogP contribution in [0.15, 0.2) is 58.2 Å². The third kappa shape index (κ3) is 5.10. The molecule has 0 aliphatic rings. The van der Waals surface area contributed by atoms with Crippen molar-refractivity contribution in [3.8, 4) is 0 Å². The summed E-state index contributed by atoms with van der Waals surface area (Å²) in [7, 11) is 1.32. The Morgan fingerprint density at radius 3 is 2.74 bits per heavy atom. The molecule has 0 unspecified atom stereocenters. The van der Waals surface area contributed by atoms with Crippen LogP contribution in [0.2, 0.25) is 0 Å². The van der Waals surface area contributed by atoms with E-state index in [4.69, 9.17) is 4.84 Å². The summed E-state index contributed by atoms with van der Waals surface area (Å²) in [6, 6.07) is 15.1. The van der Waals surface area contributed by atoms with Crippen LogP contribution in [0.5, 0.6) is 0 Å². The molecule has 0 saturated heterocycles. The van der Waals surface area contributed by atoms with Crippen molar-refractivity contribution < 1.29 is 14.4 Å². The lowest BCUT2D eigenvalue weighted by molar-refractivity contribution is 0.131. The third-order valence-electron chi connectivity index (χ3n) is 3.10. The third-order valence-corrected chi connectivity index (χ3v) is 3.60. The van der Waals surface area contributed by atoms with Crippen molar-refractivity contribution in [3.05, 3.63) is 64.1 Å². The van der Waals surface area contributed by atoms with Crippen LogP contribution in [-0.4, -0.2) is 18.9 Å². The first-order chi connectivity index (χ1) is 11.1. The average molecular weight is 377 g/mol. The monoisotopic (exact) mass is 376 g/mol.